The summed E-state index contributed by atoms with van der Waals surface area (Å²) in [5.41, 5.74) is 0. The van der Waals surface area contributed by atoms with Crippen molar-refractivity contribution in [3.63, 3.8) is 0 Å². The number of carbonyl (C=O) groups excluding carboxylic acids is 5. The number of esters is 1. The maximum absolute atomic E-state index is 11.2. The predicted octanol–water partition coefficient (Wildman–Crippen LogP) is 21.5. The lowest BCUT2D eigenvalue weighted by molar-refractivity contribution is -0.147. The highest BCUT2D eigenvalue weighted by molar-refractivity contribution is 5.82. The summed E-state index contributed by atoms with van der Waals surface area (Å²) in [6.45, 7) is 75.3. The van der Waals surface area contributed by atoms with Crippen LogP contribution in [0.25, 0.3) is 0 Å². The zero-order valence-electron chi connectivity index (χ0n) is 73.7. The molecule has 103 heavy (non-hydrogen) atoms. The van der Waals surface area contributed by atoms with Crippen LogP contribution in [0, 0.1) is 82.9 Å². The molecular formula is C87H178O16. The van der Waals surface area contributed by atoms with Crippen LogP contribution in [-0.4, -0.2) is 167 Å². The molecule has 0 heterocycles. The molecule has 0 amide bonds. The minimum absolute atomic E-state index is 0.00524. The van der Waals surface area contributed by atoms with E-state index in [1.54, 1.807) is 0 Å². The summed E-state index contributed by atoms with van der Waals surface area (Å²) in [4.78, 5) is 55.7. The van der Waals surface area contributed by atoms with E-state index in [2.05, 4.69) is 138 Å². The molecule has 0 N–H and O–H groups in total. The molecule has 622 valence electrons. The van der Waals surface area contributed by atoms with E-state index in [1.165, 1.54) is 32.1 Å². The van der Waals surface area contributed by atoms with Crippen molar-refractivity contribution in [3.05, 3.63) is 0 Å². The van der Waals surface area contributed by atoms with E-state index < -0.39 is 0 Å². The first kappa shape index (κ1) is 114. The normalized spacial score (nSPS) is 12.0. The Bertz CT molecular complexity index is 1690. The van der Waals surface area contributed by atoms with E-state index in [-0.39, 0.29) is 90.7 Å². The van der Waals surface area contributed by atoms with E-state index in [1.807, 2.05) is 69.2 Å². The zero-order valence-corrected chi connectivity index (χ0v) is 73.7. The molecule has 0 bridgehead atoms. The van der Waals surface area contributed by atoms with Crippen molar-refractivity contribution in [2.24, 2.45) is 82.9 Å². The van der Waals surface area contributed by atoms with Crippen molar-refractivity contribution in [1.82, 2.24) is 0 Å². The standard InChI is InChI=1S/C14H28O3.C14H30O2.C13H26O3.C12H26O2.2C12H24O2.C10H20O2/c1-12(2)7-10-16-8-5-6-9-17-11-14(15)13(3)4;1-11(2)7-9-15-13(5)14(6)16-10-8-12(3)4;1-11(2)6-9-15-7-5-8-16-10-13(14)12(3)4;1-11(2)5-7-13-9-10-14-8-6-12(3)4;1-10(2)7-5-6-8-14-9-12(13)11(3)4;1-10(2)8-6-5-7-9-14-12(13)11(3)4;1-8(2)5-6-12-7-10(11)9(3)4/h12-13H,5-11H2,1-4H3;11-14H,7-10H2,1-6H3;11-12H,5-10H2,1-4H3;11-12H,5-10H2,1-4H3;2*10-11H,5-9H2,1-4H3;8-9H,5-7H2,1-4H3/t;13-,14-;;;;;/m.1...../s1. The predicted molar refractivity (Wildman–Crippen MR) is 435 cm³/mol. The van der Waals surface area contributed by atoms with Crippen LogP contribution in [0.15, 0.2) is 0 Å². The molecule has 0 saturated carbocycles. The van der Waals surface area contributed by atoms with Gasteiger partial charge in [0.05, 0.1) is 37.9 Å². The number of hydrogen-bond donors (Lipinski definition) is 0. The largest absolute Gasteiger partial charge is 0.465 e. The van der Waals surface area contributed by atoms with Crippen molar-refractivity contribution in [2.75, 3.05) is 126 Å². The molecule has 2 atom stereocenters. The highest BCUT2D eigenvalue weighted by Gasteiger charge is 2.15. The van der Waals surface area contributed by atoms with Crippen LogP contribution >= 0.6 is 0 Å². The average molecular weight is 1480 g/mol. The van der Waals surface area contributed by atoms with E-state index in [9.17, 15) is 24.0 Å². The Hall–Kier alpha value is -2.25. The Morgan fingerprint density at radius 3 is 0.689 bits per heavy atom. The fourth-order valence-corrected chi connectivity index (χ4v) is 7.33. The molecule has 0 aliphatic carbocycles. The summed E-state index contributed by atoms with van der Waals surface area (Å²) in [6.07, 6.45) is 19.3. The molecule has 0 radical (unpaired) electrons. The van der Waals surface area contributed by atoms with Crippen molar-refractivity contribution in [2.45, 2.75) is 329 Å². The summed E-state index contributed by atoms with van der Waals surface area (Å²) in [5.74, 6) is 7.53. The Balaban J connectivity index is -0.000000209. The molecule has 0 aromatic rings. The van der Waals surface area contributed by atoms with Crippen LogP contribution in [0.2, 0.25) is 0 Å². The second-order valence-corrected chi connectivity index (χ2v) is 33.1. The highest BCUT2D eigenvalue weighted by Crippen LogP contribution is 2.12. The van der Waals surface area contributed by atoms with Crippen LogP contribution in [0.4, 0.5) is 0 Å². The molecule has 0 aromatic heterocycles. The van der Waals surface area contributed by atoms with Crippen LogP contribution in [-0.2, 0) is 76.1 Å². The van der Waals surface area contributed by atoms with E-state index in [0.29, 0.717) is 62.6 Å². The number of carbonyl (C=O) groups is 5. The molecule has 0 saturated heterocycles. The SMILES string of the molecule is CC(C)CCCCCOC(=O)C(C)C.CC(C)CCCCOCC(=O)C(C)C.CC(C)CCOCC(=O)C(C)C.CC(C)CCOCCCCOCC(=O)C(C)C.CC(C)CCOCCCOCC(=O)C(C)C.CC(C)CCOCCOCCC(C)C.CC(C)CCO[C@H](C)[C@@H](C)OCCC(C)C. The first-order valence-electron chi connectivity index (χ1n) is 41.4. The lowest BCUT2D eigenvalue weighted by atomic mass is 10.1. The van der Waals surface area contributed by atoms with Gasteiger partial charge in [-0.15, -0.1) is 0 Å². The minimum atomic E-state index is -0.0751. The molecule has 16 heteroatoms. The number of ether oxygens (including phenoxy) is 11. The van der Waals surface area contributed by atoms with Gasteiger partial charge in [0.1, 0.15) is 26.4 Å². The van der Waals surface area contributed by atoms with E-state index in [0.717, 1.165) is 173 Å². The summed E-state index contributed by atoms with van der Waals surface area (Å²) in [7, 11) is 0. The highest BCUT2D eigenvalue weighted by atomic mass is 16.5. The average Bonchev–Trinajstić information content (AvgIpc) is 1.07. The number of ketones is 4. The molecule has 0 aliphatic heterocycles. The molecule has 0 aliphatic rings. The second-order valence-electron chi connectivity index (χ2n) is 33.1. The number of unbranched alkanes of at least 4 members (excludes halogenated alkanes) is 4. The topological polar surface area (TPSA) is 187 Å². The van der Waals surface area contributed by atoms with Gasteiger partial charge in [-0.3, -0.25) is 24.0 Å². The van der Waals surface area contributed by atoms with Gasteiger partial charge in [0, 0.05) is 103 Å². The van der Waals surface area contributed by atoms with Crippen molar-refractivity contribution >= 4 is 29.1 Å². The van der Waals surface area contributed by atoms with Gasteiger partial charge in [-0.2, -0.15) is 0 Å². The number of rotatable bonds is 60. The third kappa shape index (κ3) is 111. The fraction of sp³-hybridized carbons (Fsp3) is 0.943. The lowest BCUT2D eigenvalue weighted by Crippen LogP contribution is -2.27. The smallest absolute Gasteiger partial charge is 0.308 e. The first-order chi connectivity index (χ1) is 48.2. The number of Topliss-reactive ketones (excluding diaryl/α,β-unsaturated/α-hetero) is 4. The third-order valence-corrected chi connectivity index (χ3v) is 15.8. The summed E-state index contributed by atoms with van der Waals surface area (Å²) < 4.78 is 59.4. The molecule has 0 spiro atoms. The van der Waals surface area contributed by atoms with Crippen LogP contribution < -0.4 is 0 Å². The number of hydrogen-bond acceptors (Lipinski definition) is 16. The van der Waals surface area contributed by atoms with Crippen molar-refractivity contribution < 1.29 is 76.1 Å². The van der Waals surface area contributed by atoms with Crippen molar-refractivity contribution in [3.8, 4) is 0 Å². The summed E-state index contributed by atoms with van der Waals surface area (Å²) >= 11 is 0. The first-order valence-corrected chi connectivity index (χ1v) is 41.4. The van der Waals surface area contributed by atoms with Gasteiger partial charge in [-0.25, -0.2) is 0 Å². The minimum Gasteiger partial charge on any atom is -0.465 e. The Morgan fingerprint density at radius 2 is 0.408 bits per heavy atom. The molecule has 0 aromatic carbocycles. The maximum Gasteiger partial charge on any atom is 0.308 e. The monoisotopic (exact) mass is 1480 g/mol. The Morgan fingerprint density at radius 1 is 0.194 bits per heavy atom. The Kier molecular flexibility index (Phi) is 92.8. The van der Waals surface area contributed by atoms with Crippen molar-refractivity contribution in [1.29, 1.82) is 0 Å². The molecule has 0 rings (SSSR count). The van der Waals surface area contributed by atoms with E-state index >= 15 is 0 Å². The van der Waals surface area contributed by atoms with Gasteiger partial charge < -0.3 is 52.1 Å². The van der Waals surface area contributed by atoms with Gasteiger partial charge in [-0.1, -0.05) is 226 Å². The molecule has 16 nitrogen and oxygen atoms in total. The molecule has 0 unspecified atom stereocenters. The van der Waals surface area contributed by atoms with Crippen LogP contribution in [0.3, 0.4) is 0 Å². The van der Waals surface area contributed by atoms with Gasteiger partial charge in [0.2, 0.25) is 0 Å². The molecular weight excluding hydrogens is 1300 g/mol. The second kappa shape index (κ2) is 83.8. The molecule has 0 fully saturated rings. The van der Waals surface area contributed by atoms with Crippen LogP contribution in [0.1, 0.15) is 317 Å². The third-order valence-electron chi connectivity index (χ3n) is 15.8. The fourth-order valence-electron chi connectivity index (χ4n) is 7.33. The van der Waals surface area contributed by atoms with Gasteiger partial charge in [-0.05, 0) is 144 Å². The zero-order chi connectivity index (χ0) is 80.4. The van der Waals surface area contributed by atoms with Gasteiger partial charge in [0.25, 0.3) is 0 Å². The van der Waals surface area contributed by atoms with Gasteiger partial charge in [0.15, 0.2) is 23.1 Å². The lowest BCUT2D eigenvalue weighted by Gasteiger charge is -2.22. The summed E-state index contributed by atoms with van der Waals surface area (Å²) in [5, 5.41) is 0. The Labute approximate surface area is 639 Å². The van der Waals surface area contributed by atoms with Gasteiger partial charge >= 0.3 is 5.97 Å². The maximum atomic E-state index is 11.2. The summed E-state index contributed by atoms with van der Waals surface area (Å²) in [6, 6.07) is 0. The van der Waals surface area contributed by atoms with E-state index in [4.69, 9.17) is 52.1 Å². The quantitative estimate of drug-likeness (QED) is 0.0413. The van der Waals surface area contributed by atoms with Crippen LogP contribution in [0.5, 0.6) is 0 Å².